The average molecular weight is 224 g/mol. The van der Waals surface area contributed by atoms with Crippen LogP contribution in [-0.4, -0.2) is 0 Å². The van der Waals surface area contributed by atoms with Gasteiger partial charge in [-0.15, -0.1) is 0 Å². The van der Waals surface area contributed by atoms with Crippen molar-refractivity contribution < 1.29 is 0 Å². The Bertz CT molecular complexity index is 169. The van der Waals surface area contributed by atoms with E-state index in [1.165, 1.54) is 51.4 Å². The fraction of sp³-hybridized carbons (Fsp3) is 1.00. The zero-order valence-corrected chi connectivity index (χ0v) is 12.0. The summed E-state index contributed by atoms with van der Waals surface area (Å²) < 4.78 is 0. The third-order valence-corrected chi connectivity index (χ3v) is 5.22. The quantitative estimate of drug-likeness (QED) is 0.545. The summed E-state index contributed by atoms with van der Waals surface area (Å²) in [5.74, 6) is 4.00. The van der Waals surface area contributed by atoms with Crippen molar-refractivity contribution in [2.75, 3.05) is 0 Å². The summed E-state index contributed by atoms with van der Waals surface area (Å²) in [5, 5.41) is 0. The van der Waals surface area contributed by atoms with Crippen LogP contribution in [0.25, 0.3) is 0 Å². The molecule has 0 aromatic rings. The van der Waals surface area contributed by atoms with Crippen molar-refractivity contribution in [2.24, 2.45) is 23.7 Å². The zero-order valence-electron chi connectivity index (χ0n) is 12.0. The highest BCUT2D eigenvalue weighted by Gasteiger charge is 2.26. The minimum absolute atomic E-state index is 0.979. The second-order valence-electron chi connectivity index (χ2n) is 6.14. The molecule has 3 atom stereocenters. The fourth-order valence-electron chi connectivity index (χ4n) is 3.47. The minimum atomic E-state index is 0.979. The summed E-state index contributed by atoms with van der Waals surface area (Å²) in [6, 6.07) is 0. The second kappa shape index (κ2) is 7.35. The smallest absolute Gasteiger partial charge is 0.0386 e. The van der Waals surface area contributed by atoms with E-state index in [1.54, 1.807) is 0 Å². The Kier molecular flexibility index (Phi) is 6.46. The van der Waals surface area contributed by atoms with E-state index in [0.717, 1.165) is 23.7 Å². The van der Waals surface area contributed by atoms with Crippen LogP contribution in [0.15, 0.2) is 0 Å². The minimum Gasteiger partial charge on any atom is -0.0651 e. The molecule has 0 radical (unpaired) electrons. The highest BCUT2D eigenvalue weighted by Crippen LogP contribution is 2.37. The Morgan fingerprint density at radius 2 is 1.75 bits per heavy atom. The van der Waals surface area contributed by atoms with Gasteiger partial charge in [-0.2, -0.15) is 0 Å². The van der Waals surface area contributed by atoms with Crippen molar-refractivity contribution in [2.45, 2.75) is 79.1 Å². The first-order valence-electron chi connectivity index (χ1n) is 7.69. The van der Waals surface area contributed by atoms with Crippen LogP contribution >= 0.6 is 0 Å². The Morgan fingerprint density at radius 1 is 1.06 bits per heavy atom. The van der Waals surface area contributed by atoms with E-state index in [2.05, 4.69) is 27.7 Å². The molecule has 0 nitrogen and oxygen atoms in total. The molecule has 1 fully saturated rings. The molecule has 1 saturated carbocycles. The van der Waals surface area contributed by atoms with Crippen LogP contribution in [0.2, 0.25) is 0 Å². The molecule has 1 aliphatic rings. The van der Waals surface area contributed by atoms with Gasteiger partial charge in [0, 0.05) is 0 Å². The van der Waals surface area contributed by atoms with Crippen molar-refractivity contribution in [3.8, 4) is 0 Å². The van der Waals surface area contributed by atoms with E-state index < -0.39 is 0 Å². The Morgan fingerprint density at radius 3 is 2.38 bits per heavy atom. The van der Waals surface area contributed by atoms with Gasteiger partial charge in [0.1, 0.15) is 0 Å². The van der Waals surface area contributed by atoms with Gasteiger partial charge in [-0.25, -0.2) is 0 Å². The Hall–Kier alpha value is 0. The van der Waals surface area contributed by atoms with Crippen molar-refractivity contribution in [1.29, 1.82) is 0 Å². The number of hydrogen-bond acceptors (Lipinski definition) is 0. The lowest BCUT2D eigenvalue weighted by Gasteiger charge is -2.34. The third kappa shape index (κ3) is 4.11. The molecular weight excluding hydrogens is 192 g/mol. The standard InChI is InChI=1S/C16H32/c1-5-15(6-2)10-8-12-16-11-7-9-13(3)14(16)4/h13-16H,5-12H2,1-4H3. The SMILES string of the molecule is CCC(CC)CCCC1CCCC(C)C1C. The maximum absolute atomic E-state index is 2.49. The first kappa shape index (κ1) is 14.1. The fourth-order valence-corrected chi connectivity index (χ4v) is 3.47. The van der Waals surface area contributed by atoms with Crippen LogP contribution in [-0.2, 0) is 0 Å². The van der Waals surface area contributed by atoms with Gasteiger partial charge in [0.05, 0.1) is 0 Å². The average Bonchev–Trinajstić information content (AvgIpc) is 2.30. The van der Waals surface area contributed by atoms with Gasteiger partial charge in [0.15, 0.2) is 0 Å². The molecule has 96 valence electrons. The molecular formula is C16H32. The number of rotatable bonds is 6. The van der Waals surface area contributed by atoms with Gasteiger partial charge in [-0.05, 0) is 23.7 Å². The van der Waals surface area contributed by atoms with Gasteiger partial charge in [0.25, 0.3) is 0 Å². The first-order valence-corrected chi connectivity index (χ1v) is 7.69. The molecule has 0 heterocycles. The summed E-state index contributed by atoms with van der Waals surface area (Å²) in [6.45, 7) is 9.64. The van der Waals surface area contributed by atoms with Crippen molar-refractivity contribution >= 4 is 0 Å². The van der Waals surface area contributed by atoms with E-state index in [1.807, 2.05) is 0 Å². The van der Waals surface area contributed by atoms with Crippen LogP contribution in [0.3, 0.4) is 0 Å². The summed E-state index contributed by atoms with van der Waals surface area (Å²) in [5.41, 5.74) is 0. The lowest BCUT2D eigenvalue weighted by atomic mass is 9.72. The molecule has 0 aromatic heterocycles. The predicted octanol–water partition coefficient (Wildman–Crippen LogP) is 5.67. The monoisotopic (exact) mass is 224 g/mol. The van der Waals surface area contributed by atoms with Gasteiger partial charge < -0.3 is 0 Å². The molecule has 1 rings (SSSR count). The second-order valence-corrected chi connectivity index (χ2v) is 6.14. The summed E-state index contributed by atoms with van der Waals surface area (Å²) >= 11 is 0. The molecule has 0 heteroatoms. The highest BCUT2D eigenvalue weighted by atomic mass is 14.3. The highest BCUT2D eigenvalue weighted by molar-refractivity contribution is 4.77. The Balaban J connectivity index is 2.21. The lowest BCUT2D eigenvalue weighted by molar-refractivity contribution is 0.167. The summed E-state index contributed by atoms with van der Waals surface area (Å²) in [4.78, 5) is 0. The van der Waals surface area contributed by atoms with Gasteiger partial charge >= 0.3 is 0 Å². The molecule has 0 saturated heterocycles. The maximum atomic E-state index is 2.49. The molecule has 0 aromatic carbocycles. The molecule has 0 N–H and O–H groups in total. The molecule has 0 aliphatic heterocycles. The molecule has 0 amide bonds. The van der Waals surface area contributed by atoms with Gasteiger partial charge in [0.2, 0.25) is 0 Å². The largest absolute Gasteiger partial charge is 0.0651 e. The van der Waals surface area contributed by atoms with Crippen LogP contribution < -0.4 is 0 Å². The normalized spacial score (nSPS) is 30.9. The first-order chi connectivity index (χ1) is 7.69. The topological polar surface area (TPSA) is 0 Å². The molecule has 3 unspecified atom stereocenters. The zero-order chi connectivity index (χ0) is 12.0. The van der Waals surface area contributed by atoms with Gasteiger partial charge in [-0.3, -0.25) is 0 Å². The van der Waals surface area contributed by atoms with Crippen LogP contribution in [0.5, 0.6) is 0 Å². The number of hydrogen-bond donors (Lipinski definition) is 0. The Labute approximate surface area is 103 Å². The van der Waals surface area contributed by atoms with E-state index in [0.29, 0.717) is 0 Å². The van der Waals surface area contributed by atoms with E-state index in [9.17, 15) is 0 Å². The van der Waals surface area contributed by atoms with Crippen LogP contribution in [0, 0.1) is 23.7 Å². The lowest BCUT2D eigenvalue weighted by Crippen LogP contribution is -2.24. The van der Waals surface area contributed by atoms with E-state index in [-0.39, 0.29) is 0 Å². The summed E-state index contributed by atoms with van der Waals surface area (Å²) in [7, 11) is 0. The molecule has 0 spiro atoms. The van der Waals surface area contributed by atoms with Crippen molar-refractivity contribution in [3.63, 3.8) is 0 Å². The van der Waals surface area contributed by atoms with E-state index in [4.69, 9.17) is 0 Å². The van der Waals surface area contributed by atoms with Crippen molar-refractivity contribution in [1.82, 2.24) is 0 Å². The van der Waals surface area contributed by atoms with Gasteiger partial charge in [-0.1, -0.05) is 79.1 Å². The maximum Gasteiger partial charge on any atom is -0.0386 e. The van der Waals surface area contributed by atoms with Crippen LogP contribution in [0.4, 0.5) is 0 Å². The summed E-state index contributed by atoms with van der Waals surface area (Å²) in [6.07, 6.45) is 11.7. The molecule has 0 bridgehead atoms. The third-order valence-electron chi connectivity index (χ3n) is 5.22. The molecule has 1 aliphatic carbocycles. The van der Waals surface area contributed by atoms with Crippen LogP contribution in [0.1, 0.15) is 79.1 Å². The van der Waals surface area contributed by atoms with E-state index >= 15 is 0 Å². The predicted molar refractivity (Wildman–Crippen MR) is 73.6 cm³/mol. The van der Waals surface area contributed by atoms with Crippen molar-refractivity contribution in [3.05, 3.63) is 0 Å². The molecule has 16 heavy (non-hydrogen) atoms.